The van der Waals surface area contributed by atoms with Gasteiger partial charge in [0.1, 0.15) is 23.2 Å². The summed E-state index contributed by atoms with van der Waals surface area (Å²) in [5, 5.41) is 17.0. The van der Waals surface area contributed by atoms with Crippen LogP contribution in [0, 0.1) is 12.7 Å². The summed E-state index contributed by atoms with van der Waals surface area (Å²) in [6.45, 7) is 6.69. The Morgan fingerprint density at radius 3 is 2.59 bits per heavy atom. The van der Waals surface area contributed by atoms with Gasteiger partial charge in [0, 0.05) is 38.8 Å². The van der Waals surface area contributed by atoms with Gasteiger partial charge in [-0.15, -0.1) is 0 Å². The number of para-hydroxylation sites is 1. The second-order valence-corrected chi connectivity index (χ2v) is 11.4. The minimum absolute atomic E-state index is 0.0187. The highest BCUT2D eigenvalue weighted by Crippen LogP contribution is 2.29. The molecule has 1 unspecified atom stereocenters. The van der Waals surface area contributed by atoms with E-state index in [-0.39, 0.29) is 16.7 Å². The van der Waals surface area contributed by atoms with Crippen LogP contribution >= 0.6 is 0 Å². The number of amidine groups is 1. The number of nitrogens with zero attached hydrogens (tertiary/aromatic N) is 3. The molecule has 0 saturated carbocycles. The molecule has 2 aromatic rings. The van der Waals surface area contributed by atoms with E-state index in [9.17, 15) is 13.7 Å². The van der Waals surface area contributed by atoms with Crippen LogP contribution in [-0.4, -0.2) is 63.5 Å². The third-order valence-corrected chi connectivity index (χ3v) is 8.93. The summed E-state index contributed by atoms with van der Waals surface area (Å²) < 4.78 is 29.9. The van der Waals surface area contributed by atoms with Crippen LogP contribution in [0.15, 0.2) is 82.6 Å². The first-order chi connectivity index (χ1) is 17.6. The fourth-order valence-electron chi connectivity index (χ4n) is 4.58. The summed E-state index contributed by atoms with van der Waals surface area (Å²) >= 11 is 0. The van der Waals surface area contributed by atoms with Gasteiger partial charge in [-0.1, -0.05) is 24.8 Å². The topological polar surface area (TPSA) is 80.2 Å². The Morgan fingerprint density at radius 2 is 1.97 bits per heavy atom. The molecule has 1 fully saturated rings. The molecule has 0 spiro atoms. The lowest BCUT2D eigenvalue weighted by atomic mass is 10.1. The van der Waals surface area contributed by atoms with Crippen molar-refractivity contribution in [3.8, 4) is 5.75 Å². The molecule has 3 N–H and O–H groups in total. The summed E-state index contributed by atoms with van der Waals surface area (Å²) in [5.74, 6) is 5.07. The zero-order chi connectivity index (χ0) is 26.7. The number of phenols is 1. The first-order valence-corrected chi connectivity index (χ1v) is 13.9. The number of nitrogens with one attached hydrogen (secondary N) is 2. The van der Waals surface area contributed by atoms with Crippen LogP contribution in [-0.2, 0) is 9.71 Å². The standard InChI is InChI=1S/C28H34FN5O2S/c1-6-23(30-3)28-32-24(21-9-7-8-10-25(21)35)18-27(33(28)4)31-20-13-15-34(16-14-20)37(5,36)26-12-11-19(2)17-22(26)29/h6-12,17-18,20,30,32,35H,1,5,13-16H2,2-4H3/b28-23+,31-27?. The fourth-order valence-corrected chi connectivity index (χ4v) is 6.30. The van der Waals surface area contributed by atoms with E-state index < -0.39 is 15.5 Å². The molecule has 2 aliphatic heterocycles. The van der Waals surface area contributed by atoms with Gasteiger partial charge < -0.3 is 20.6 Å². The van der Waals surface area contributed by atoms with E-state index in [0.717, 1.165) is 22.9 Å². The number of aromatic hydroxyl groups is 1. The summed E-state index contributed by atoms with van der Waals surface area (Å²) in [6.07, 6.45) is 4.94. The molecular weight excluding hydrogens is 489 g/mol. The van der Waals surface area contributed by atoms with E-state index in [2.05, 4.69) is 23.1 Å². The molecule has 1 atom stereocenters. The number of allylic oxidation sites excluding steroid dienone is 1. The average Bonchev–Trinajstić information content (AvgIpc) is 2.87. The van der Waals surface area contributed by atoms with Crippen LogP contribution in [0.2, 0.25) is 0 Å². The van der Waals surface area contributed by atoms with Gasteiger partial charge in [-0.25, -0.2) is 12.9 Å². The minimum atomic E-state index is -2.93. The van der Waals surface area contributed by atoms with Crippen molar-refractivity contribution in [2.24, 2.45) is 4.99 Å². The second kappa shape index (κ2) is 10.8. The first-order valence-electron chi connectivity index (χ1n) is 12.2. The highest BCUT2D eigenvalue weighted by atomic mass is 32.2. The fraction of sp³-hybridized carbons (Fsp3) is 0.286. The van der Waals surface area contributed by atoms with E-state index in [1.54, 1.807) is 41.6 Å². The van der Waals surface area contributed by atoms with Crippen LogP contribution in [0.5, 0.6) is 5.75 Å². The number of rotatable bonds is 6. The zero-order valence-electron chi connectivity index (χ0n) is 21.5. The highest BCUT2D eigenvalue weighted by molar-refractivity contribution is 7.98. The molecule has 0 aromatic heterocycles. The number of aryl methyl sites for hydroxylation is 1. The smallest absolute Gasteiger partial charge is 0.140 e. The molecule has 0 bridgehead atoms. The summed E-state index contributed by atoms with van der Waals surface area (Å²) in [4.78, 5) is 7.12. The van der Waals surface area contributed by atoms with Crippen LogP contribution in [0.1, 0.15) is 24.0 Å². The van der Waals surface area contributed by atoms with Crippen LogP contribution in [0.4, 0.5) is 4.39 Å². The van der Waals surface area contributed by atoms with E-state index >= 15 is 0 Å². The molecule has 2 aromatic carbocycles. The lowest BCUT2D eigenvalue weighted by Crippen LogP contribution is -2.42. The van der Waals surface area contributed by atoms with Crippen LogP contribution in [0.3, 0.4) is 0 Å². The van der Waals surface area contributed by atoms with Crippen molar-refractivity contribution in [2.45, 2.75) is 30.7 Å². The van der Waals surface area contributed by atoms with Gasteiger partial charge in [-0.2, -0.15) is 0 Å². The molecule has 2 aliphatic rings. The Kier molecular flexibility index (Phi) is 7.75. The van der Waals surface area contributed by atoms with Crippen molar-refractivity contribution in [1.29, 1.82) is 0 Å². The number of phenolic OH excluding ortho intramolecular Hbond substituents is 1. The molecule has 196 valence electrons. The molecule has 0 aliphatic carbocycles. The maximum absolute atomic E-state index is 14.6. The Balaban J connectivity index is 1.61. The van der Waals surface area contributed by atoms with Gasteiger partial charge in [0.05, 0.1) is 32.0 Å². The molecule has 7 nitrogen and oxygen atoms in total. The minimum Gasteiger partial charge on any atom is -0.507 e. The maximum Gasteiger partial charge on any atom is 0.140 e. The molecule has 2 heterocycles. The molecule has 37 heavy (non-hydrogen) atoms. The van der Waals surface area contributed by atoms with Crippen molar-refractivity contribution in [3.63, 3.8) is 0 Å². The SMILES string of the molecule is C=C/C(NC)=C1/NC(c2ccccc2O)=CC(=NC2CCN(S(=C)(=O)c3ccc(C)cc3F)CC2)N1C. The van der Waals surface area contributed by atoms with Crippen molar-refractivity contribution >= 4 is 27.1 Å². The van der Waals surface area contributed by atoms with E-state index in [0.29, 0.717) is 37.2 Å². The second-order valence-electron chi connectivity index (χ2n) is 9.20. The molecular formula is C28H34FN5O2S. The number of hydrogen-bond donors (Lipinski definition) is 3. The molecule has 0 amide bonds. The Labute approximate surface area is 218 Å². The van der Waals surface area contributed by atoms with Crippen molar-refractivity contribution in [1.82, 2.24) is 19.8 Å². The van der Waals surface area contributed by atoms with Gasteiger partial charge in [-0.3, -0.25) is 4.99 Å². The predicted octanol–water partition coefficient (Wildman–Crippen LogP) is 3.84. The monoisotopic (exact) mass is 523 g/mol. The quantitative estimate of drug-likeness (QED) is 0.502. The lowest BCUT2D eigenvalue weighted by molar-refractivity contribution is 0.332. The molecule has 9 heteroatoms. The van der Waals surface area contributed by atoms with Gasteiger partial charge in [0.15, 0.2) is 0 Å². The average molecular weight is 524 g/mol. The van der Waals surface area contributed by atoms with E-state index in [4.69, 9.17) is 4.99 Å². The number of aliphatic imine (C=N–C) groups is 1. The summed E-state index contributed by atoms with van der Waals surface area (Å²) in [5.41, 5.74) is 2.93. The largest absolute Gasteiger partial charge is 0.507 e. The van der Waals surface area contributed by atoms with Crippen LogP contribution < -0.4 is 10.6 Å². The molecule has 1 saturated heterocycles. The van der Waals surface area contributed by atoms with E-state index in [1.165, 1.54) is 6.07 Å². The maximum atomic E-state index is 14.6. The third-order valence-electron chi connectivity index (χ3n) is 6.71. The Morgan fingerprint density at radius 1 is 1.27 bits per heavy atom. The number of piperidine rings is 1. The molecule has 4 rings (SSSR count). The van der Waals surface area contributed by atoms with Crippen molar-refractivity contribution in [3.05, 3.63) is 89.7 Å². The summed E-state index contributed by atoms with van der Waals surface area (Å²) in [6, 6.07) is 11.8. The zero-order valence-corrected chi connectivity index (χ0v) is 22.3. The Bertz CT molecular complexity index is 1390. The first kappa shape index (κ1) is 26.5. The van der Waals surface area contributed by atoms with Gasteiger partial charge in [0.2, 0.25) is 0 Å². The predicted molar refractivity (Wildman–Crippen MR) is 150 cm³/mol. The number of likely N-dealkylation sites (N-methyl/N-ethyl adjacent to an activating group) is 2. The van der Waals surface area contributed by atoms with Gasteiger partial charge in [0.25, 0.3) is 0 Å². The molecule has 0 radical (unpaired) electrons. The number of halogens is 1. The van der Waals surface area contributed by atoms with Crippen molar-refractivity contribution in [2.75, 3.05) is 27.2 Å². The van der Waals surface area contributed by atoms with Gasteiger partial charge in [-0.05, 0) is 61.5 Å². The third kappa shape index (κ3) is 5.42. The summed E-state index contributed by atoms with van der Waals surface area (Å²) in [7, 11) is 0.801. The van der Waals surface area contributed by atoms with Crippen LogP contribution in [0.25, 0.3) is 5.70 Å². The van der Waals surface area contributed by atoms with E-state index in [1.807, 2.05) is 37.2 Å². The Hall–Kier alpha value is -3.56. The van der Waals surface area contributed by atoms with Crippen molar-refractivity contribution < 1.29 is 13.7 Å². The van der Waals surface area contributed by atoms with Gasteiger partial charge >= 0.3 is 0 Å². The number of hydrogen-bond acceptors (Lipinski definition) is 5. The number of benzene rings is 2. The normalized spacial score (nSPS) is 21.1. The highest BCUT2D eigenvalue weighted by Gasteiger charge is 2.29. The lowest BCUT2D eigenvalue weighted by Gasteiger charge is -2.35.